The number of ether oxygens (including phenoxy) is 1. The largest absolute Gasteiger partial charge is 0.369 e. The van der Waals surface area contributed by atoms with Crippen LogP contribution in [0.4, 0.5) is 0 Å². The molecule has 1 spiro atoms. The van der Waals surface area contributed by atoms with Crippen molar-refractivity contribution < 1.29 is 8.95 Å². The number of hydrogen-bond acceptors (Lipinski definition) is 2. The van der Waals surface area contributed by atoms with E-state index < -0.39 is 11.0 Å². The summed E-state index contributed by atoms with van der Waals surface area (Å²) >= 11 is 0. The highest BCUT2D eigenvalue weighted by molar-refractivity contribution is 7.85. The molecule has 3 nitrogen and oxygen atoms in total. The SMILES string of the molecule is CC(C)(C)[S@](=O)/N=C1\CCCC12CCCO2. The zero-order chi connectivity index (χ0) is 11.8. The van der Waals surface area contributed by atoms with Crippen molar-refractivity contribution in [2.24, 2.45) is 4.40 Å². The highest BCUT2D eigenvalue weighted by atomic mass is 32.2. The smallest absolute Gasteiger partial charge is 0.144 e. The van der Waals surface area contributed by atoms with Crippen LogP contribution < -0.4 is 0 Å². The van der Waals surface area contributed by atoms with Crippen LogP contribution in [0.5, 0.6) is 0 Å². The Kier molecular flexibility index (Phi) is 3.23. The fraction of sp³-hybridized carbons (Fsp3) is 0.917. The zero-order valence-corrected chi connectivity index (χ0v) is 11.2. The third-order valence-electron chi connectivity index (χ3n) is 3.34. The minimum Gasteiger partial charge on any atom is -0.369 e. The number of hydrogen-bond donors (Lipinski definition) is 0. The molecule has 1 aliphatic carbocycles. The van der Waals surface area contributed by atoms with E-state index in [-0.39, 0.29) is 10.3 Å². The summed E-state index contributed by atoms with van der Waals surface area (Å²) in [4.78, 5) is 0. The summed E-state index contributed by atoms with van der Waals surface area (Å²) in [5.41, 5.74) is 0.916. The molecule has 1 aliphatic heterocycles. The van der Waals surface area contributed by atoms with Crippen LogP contribution in [0.15, 0.2) is 4.40 Å². The zero-order valence-electron chi connectivity index (χ0n) is 10.4. The maximum absolute atomic E-state index is 12.0. The highest BCUT2D eigenvalue weighted by Gasteiger charge is 2.44. The van der Waals surface area contributed by atoms with Gasteiger partial charge in [-0.3, -0.25) is 0 Å². The molecule has 2 rings (SSSR count). The monoisotopic (exact) mass is 243 g/mol. The van der Waals surface area contributed by atoms with Crippen LogP contribution in [0.2, 0.25) is 0 Å². The van der Waals surface area contributed by atoms with Gasteiger partial charge in [0.2, 0.25) is 0 Å². The van der Waals surface area contributed by atoms with Crippen LogP contribution in [-0.4, -0.2) is 26.9 Å². The molecular formula is C12H21NO2S. The van der Waals surface area contributed by atoms with E-state index in [9.17, 15) is 4.21 Å². The molecule has 2 atom stereocenters. The second kappa shape index (κ2) is 4.22. The Morgan fingerprint density at radius 3 is 2.56 bits per heavy atom. The summed E-state index contributed by atoms with van der Waals surface area (Å²) in [5, 5.41) is 0. The minimum atomic E-state index is -1.14. The molecule has 2 aliphatic rings. The van der Waals surface area contributed by atoms with Crippen molar-refractivity contribution in [2.45, 2.75) is 63.2 Å². The maximum Gasteiger partial charge on any atom is 0.144 e. The number of nitrogens with zero attached hydrogens (tertiary/aromatic N) is 1. The fourth-order valence-corrected chi connectivity index (χ4v) is 3.13. The Morgan fingerprint density at radius 2 is 2.00 bits per heavy atom. The summed E-state index contributed by atoms with van der Waals surface area (Å²) in [7, 11) is -1.14. The molecule has 0 radical (unpaired) electrons. The van der Waals surface area contributed by atoms with Crippen molar-refractivity contribution in [1.29, 1.82) is 0 Å². The molecule has 2 fully saturated rings. The lowest BCUT2D eigenvalue weighted by molar-refractivity contribution is 0.0633. The average molecular weight is 243 g/mol. The van der Waals surface area contributed by atoms with E-state index in [2.05, 4.69) is 4.40 Å². The molecule has 0 aromatic heterocycles. The Balaban J connectivity index is 2.20. The lowest BCUT2D eigenvalue weighted by atomic mass is 9.97. The first-order chi connectivity index (χ1) is 7.44. The van der Waals surface area contributed by atoms with E-state index in [1.165, 1.54) is 0 Å². The second-order valence-corrected chi connectivity index (χ2v) is 7.60. The normalized spacial score (nSPS) is 35.1. The quantitative estimate of drug-likeness (QED) is 0.710. The van der Waals surface area contributed by atoms with E-state index in [1.54, 1.807) is 0 Å². The van der Waals surface area contributed by atoms with Gasteiger partial charge in [-0.15, -0.1) is 0 Å². The molecule has 0 amide bonds. The third kappa shape index (κ3) is 2.23. The summed E-state index contributed by atoms with van der Waals surface area (Å²) in [6.07, 6.45) is 5.32. The predicted molar refractivity (Wildman–Crippen MR) is 67.1 cm³/mol. The van der Waals surface area contributed by atoms with E-state index >= 15 is 0 Å². The molecule has 1 saturated carbocycles. The highest BCUT2D eigenvalue weighted by Crippen LogP contribution is 2.39. The molecule has 1 heterocycles. The van der Waals surface area contributed by atoms with E-state index in [0.717, 1.165) is 44.4 Å². The van der Waals surface area contributed by atoms with Gasteiger partial charge in [0.25, 0.3) is 0 Å². The first-order valence-electron chi connectivity index (χ1n) is 6.08. The molecular weight excluding hydrogens is 222 g/mol. The lowest BCUT2D eigenvalue weighted by Crippen LogP contribution is -2.34. The van der Waals surface area contributed by atoms with Crippen LogP contribution in [0.25, 0.3) is 0 Å². The minimum absolute atomic E-state index is 0.138. The molecule has 4 heteroatoms. The van der Waals surface area contributed by atoms with E-state index in [1.807, 2.05) is 20.8 Å². The third-order valence-corrected chi connectivity index (χ3v) is 4.77. The van der Waals surface area contributed by atoms with Gasteiger partial charge in [-0.05, 0) is 52.9 Å². The molecule has 0 N–H and O–H groups in total. The Labute approximate surface area is 100 Å². The van der Waals surface area contributed by atoms with Gasteiger partial charge in [0.1, 0.15) is 16.6 Å². The van der Waals surface area contributed by atoms with Gasteiger partial charge in [-0.2, -0.15) is 4.40 Å². The fourth-order valence-electron chi connectivity index (χ4n) is 2.40. The summed E-state index contributed by atoms with van der Waals surface area (Å²) in [6, 6.07) is 0. The van der Waals surface area contributed by atoms with Crippen molar-refractivity contribution >= 4 is 16.7 Å². The number of rotatable bonds is 1. The van der Waals surface area contributed by atoms with Gasteiger partial charge in [0.05, 0.1) is 10.5 Å². The summed E-state index contributed by atoms with van der Waals surface area (Å²) in [5.74, 6) is 0. The molecule has 1 unspecified atom stereocenters. The first-order valence-corrected chi connectivity index (χ1v) is 7.19. The molecule has 0 aromatic rings. The van der Waals surface area contributed by atoms with Gasteiger partial charge in [0, 0.05) is 6.61 Å². The molecule has 16 heavy (non-hydrogen) atoms. The van der Waals surface area contributed by atoms with Crippen LogP contribution in [0.1, 0.15) is 52.9 Å². The van der Waals surface area contributed by atoms with Crippen molar-refractivity contribution in [3.8, 4) is 0 Å². The van der Waals surface area contributed by atoms with Crippen molar-refractivity contribution in [1.82, 2.24) is 0 Å². The standard InChI is InChI=1S/C12H21NO2S/c1-11(2,3)16(14)13-10-6-4-7-12(10)8-5-9-15-12/h4-9H2,1-3H3/b13-10+/t12?,16-/m0/s1. The maximum atomic E-state index is 12.0. The molecule has 92 valence electrons. The van der Waals surface area contributed by atoms with Crippen LogP contribution in [0, 0.1) is 0 Å². The van der Waals surface area contributed by atoms with E-state index in [0.29, 0.717) is 0 Å². The van der Waals surface area contributed by atoms with Crippen LogP contribution in [0.3, 0.4) is 0 Å². The van der Waals surface area contributed by atoms with E-state index in [4.69, 9.17) is 4.74 Å². The lowest BCUT2D eigenvalue weighted by Gasteiger charge is -2.24. The second-order valence-electron chi connectivity index (χ2n) is 5.70. The van der Waals surface area contributed by atoms with Crippen LogP contribution >= 0.6 is 0 Å². The topological polar surface area (TPSA) is 38.7 Å². The Bertz CT molecular complexity index is 319. The van der Waals surface area contributed by atoms with Gasteiger partial charge in [0.15, 0.2) is 0 Å². The van der Waals surface area contributed by atoms with Crippen molar-refractivity contribution in [3.63, 3.8) is 0 Å². The molecule has 0 bridgehead atoms. The average Bonchev–Trinajstić information content (AvgIpc) is 2.78. The van der Waals surface area contributed by atoms with Crippen molar-refractivity contribution in [3.05, 3.63) is 0 Å². The van der Waals surface area contributed by atoms with Crippen molar-refractivity contribution in [2.75, 3.05) is 6.61 Å². The summed E-state index contributed by atoms with van der Waals surface area (Å²) < 4.78 is 22.1. The predicted octanol–water partition coefficient (Wildman–Crippen LogP) is 2.62. The first kappa shape index (κ1) is 12.2. The van der Waals surface area contributed by atoms with Gasteiger partial charge in [-0.25, -0.2) is 4.21 Å². The van der Waals surface area contributed by atoms with Gasteiger partial charge in [-0.1, -0.05) is 0 Å². The Morgan fingerprint density at radius 1 is 1.31 bits per heavy atom. The molecule has 1 saturated heterocycles. The molecule has 0 aromatic carbocycles. The van der Waals surface area contributed by atoms with Gasteiger partial charge >= 0.3 is 0 Å². The summed E-state index contributed by atoms with van der Waals surface area (Å²) in [6.45, 7) is 6.72. The van der Waals surface area contributed by atoms with Crippen LogP contribution in [-0.2, 0) is 15.7 Å². The van der Waals surface area contributed by atoms with Gasteiger partial charge < -0.3 is 4.74 Å². The Hall–Kier alpha value is -0.220.